The molecule has 2 N–H and O–H groups in total. The van der Waals surface area contributed by atoms with Crippen LogP contribution >= 0.6 is 0 Å². The molecule has 15 aromatic rings. The summed E-state index contributed by atoms with van der Waals surface area (Å²) in [6.07, 6.45) is -8.86. The van der Waals surface area contributed by atoms with Gasteiger partial charge in [-0.3, -0.25) is 37.7 Å². The molecule has 0 atom stereocenters. The molecule has 134 heavy (non-hydrogen) atoms. The first-order valence-corrected chi connectivity index (χ1v) is 41.4. The third-order valence-electron chi connectivity index (χ3n) is 22.0. The lowest BCUT2D eigenvalue weighted by molar-refractivity contribution is -0.139. The Morgan fingerprint density at radius 2 is 0.657 bits per heavy atom. The lowest BCUT2D eigenvalue weighted by Crippen LogP contribution is -2.40. The Morgan fingerprint density at radius 1 is 0.381 bits per heavy atom. The van der Waals surface area contributed by atoms with Crippen molar-refractivity contribution in [1.29, 1.82) is 0 Å². The van der Waals surface area contributed by atoms with Crippen LogP contribution in [0.25, 0.3) is 67.2 Å². The molecule has 0 aliphatic rings. The predicted octanol–water partition coefficient (Wildman–Crippen LogP) is 14.2. The van der Waals surface area contributed by atoms with E-state index >= 15 is 22.0 Å². The smallest absolute Gasteiger partial charge is 0.416 e. The summed E-state index contributed by atoms with van der Waals surface area (Å²) in [7, 11) is 14.1. The number of methoxy groups -OCH3 is 3. The zero-order chi connectivity index (χ0) is 97.1. The number of carbonyl (C=O) groups is 2. The van der Waals surface area contributed by atoms with E-state index in [-0.39, 0.29) is 124 Å². The van der Waals surface area contributed by atoms with Gasteiger partial charge in [-0.1, -0.05) is 80.6 Å². The predicted molar refractivity (Wildman–Crippen MR) is 478 cm³/mol. The Kier molecular flexibility index (Phi) is 28.5. The van der Waals surface area contributed by atoms with Crippen LogP contribution in [0.3, 0.4) is 0 Å². The van der Waals surface area contributed by atoms with Gasteiger partial charge >= 0.3 is 29.4 Å². The summed E-state index contributed by atoms with van der Waals surface area (Å²) in [5.41, 5.74) is -1.40. The van der Waals surface area contributed by atoms with Crippen LogP contribution in [0.2, 0.25) is 0 Å². The van der Waals surface area contributed by atoms with Crippen molar-refractivity contribution in [2.45, 2.75) is 98.1 Å². The standard InChI is InChI=1S/2C33H30F5N5O4.C29H28F2N6O3/c2*1-5-21(44)16-19-12-14-20(15-13-19)43-26(18-40(2)3)28-30(39-43)41(17-22-23(33(36,37)38)8-6-9-24(22)34)32(46)42(31(28)45)25-10-7-11-27(47-4)29(25)35;1-17-7-5-8-21(30)20(17)15-35-27-25(23(16-34(2)3)37(33-27)19-13-11-18(32)12-14-19)28(38)36(29(35)39)22-9-6-10-24(40-4)26(22)31/h2*6-15H,5,16-18H2,1-4H3;5-14H,15-16,32H2,1-4H3. The molecule has 0 saturated heterocycles. The van der Waals surface area contributed by atoms with E-state index in [1.807, 2.05) is 19.0 Å². The molecule has 0 spiro atoms. The van der Waals surface area contributed by atoms with Gasteiger partial charge in [-0.25, -0.2) is 68.5 Å². The molecule has 6 heterocycles. The van der Waals surface area contributed by atoms with Gasteiger partial charge in [0.25, 0.3) is 16.7 Å². The minimum Gasteiger partial charge on any atom is -0.494 e. The summed E-state index contributed by atoms with van der Waals surface area (Å²) in [4.78, 5) is 114. The lowest BCUT2D eigenvalue weighted by Gasteiger charge is -2.17. The second-order valence-electron chi connectivity index (χ2n) is 31.9. The third-order valence-corrected chi connectivity index (χ3v) is 22.0. The average molecular weight is 1860 g/mol. The topological polar surface area (TPSA) is 283 Å². The molecule has 0 aliphatic heterocycles. The zero-order valence-electron chi connectivity index (χ0n) is 74.2. The number of fused-ring (bicyclic) bond motifs is 3. The van der Waals surface area contributed by atoms with Crippen molar-refractivity contribution in [3.8, 4) is 51.4 Å². The highest BCUT2D eigenvalue weighted by Gasteiger charge is 2.39. The van der Waals surface area contributed by atoms with E-state index < -0.39 is 128 Å². The van der Waals surface area contributed by atoms with Crippen molar-refractivity contribution in [1.82, 2.24) is 71.4 Å². The fraction of sp³-hybridized carbons (Fsp3) is 0.253. The summed E-state index contributed by atoms with van der Waals surface area (Å²) in [6, 6.07) is 41.3. The van der Waals surface area contributed by atoms with Crippen molar-refractivity contribution in [3.63, 3.8) is 0 Å². The molecule has 15 rings (SSSR count). The number of hydrogen-bond donors (Lipinski definition) is 1. The molecule has 0 fully saturated rings. The number of hydrogen-bond acceptors (Lipinski definition) is 18. The van der Waals surface area contributed by atoms with Crippen LogP contribution in [0.4, 0.5) is 58.4 Å². The van der Waals surface area contributed by atoms with Gasteiger partial charge in [-0.15, -0.1) is 15.3 Å². The SMILES string of the molecule is CCC(=O)Cc1ccc(-n2nc3c(c2CN(C)C)c(=O)n(-c2cccc(OC)c2F)c(=O)n3Cc2c(F)cccc2C(F)(F)F)cc1.CCC(=O)Cc1ccc(-n2nc3c(c2CN(C)C)c(=O)n(-c2cccc(OC)c2F)c(=O)n3Cc2c(F)cccc2C(F)(F)F)cc1.COc1cccc(-n2c(=O)c3c(CN(C)C)n(-c4ccc(N)cc4)nc3n(Cc3c(C)cccc3F)c2=O)c1F. The average Bonchev–Trinajstić information content (AvgIpc) is 1.57. The number of halogens is 12. The van der Waals surface area contributed by atoms with E-state index in [4.69, 9.17) is 25.0 Å². The van der Waals surface area contributed by atoms with Gasteiger partial charge in [0.1, 0.15) is 45.2 Å². The highest BCUT2D eigenvalue weighted by Crippen LogP contribution is 2.38. The van der Waals surface area contributed by atoms with Crippen LogP contribution in [0.1, 0.15) is 88.3 Å². The summed E-state index contributed by atoms with van der Waals surface area (Å²) in [6.45, 7) is 3.38. The van der Waals surface area contributed by atoms with Crippen molar-refractivity contribution >= 4 is 50.4 Å². The summed E-state index contributed by atoms with van der Waals surface area (Å²) >= 11 is 0. The van der Waals surface area contributed by atoms with Gasteiger partial charge in [0.2, 0.25) is 0 Å². The highest BCUT2D eigenvalue weighted by molar-refractivity contribution is 5.83. The number of ether oxygens (including phenoxy) is 3. The Balaban J connectivity index is 0.000000171. The Bertz CT molecular complexity index is 7110. The summed E-state index contributed by atoms with van der Waals surface area (Å²) < 4.78 is 200. The molecule has 0 saturated carbocycles. The van der Waals surface area contributed by atoms with E-state index in [2.05, 4.69) is 10.2 Å². The van der Waals surface area contributed by atoms with E-state index in [0.717, 1.165) is 61.2 Å². The van der Waals surface area contributed by atoms with Gasteiger partial charge in [0.15, 0.2) is 51.6 Å². The minimum atomic E-state index is -4.98. The molecule has 0 unspecified atom stereocenters. The monoisotopic (exact) mass is 1860 g/mol. The molecule has 0 amide bonds. The fourth-order valence-electron chi connectivity index (χ4n) is 15.4. The van der Waals surface area contributed by atoms with Crippen molar-refractivity contribution in [2.75, 3.05) is 69.3 Å². The van der Waals surface area contributed by atoms with E-state index in [1.165, 1.54) is 83.8 Å². The van der Waals surface area contributed by atoms with Gasteiger partial charge in [0, 0.05) is 67.7 Å². The Hall–Kier alpha value is -15.0. The molecular weight excluding hydrogens is 1770 g/mol. The number of aryl methyl sites for hydroxylation is 1. The molecule has 9 aromatic carbocycles. The first-order valence-electron chi connectivity index (χ1n) is 41.4. The Labute approximate surface area is 754 Å². The maximum Gasteiger partial charge on any atom is 0.416 e. The maximum atomic E-state index is 15.6. The van der Waals surface area contributed by atoms with Crippen molar-refractivity contribution in [2.24, 2.45) is 0 Å². The molecular formula is C95H88F12N16O11. The fourth-order valence-corrected chi connectivity index (χ4v) is 15.4. The van der Waals surface area contributed by atoms with E-state index in [0.29, 0.717) is 68.1 Å². The van der Waals surface area contributed by atoms with Crippen LogP contribution < -0.4 is 53.7 Å². The van der Waals surface area contributed by atoms with Crippen molar-refractivity contribution < 1.29 is 76.5 Å². The summed E-state index contributed by atoms with van der Waals surface area (Å²) in [5, 5.41) is 13.4. The number of rotatable bonds is 27. The minimum absolute atomic E-state index is 0.0246. The molecule has 6 aromatic heterocycles. The molecule has 27 nitrogen and oxygen atoms in total. The number of carbonyl (C=O) groups excluding carboxylic acids is 2. The van der Waals surface area contributed by atoms with Crippen LogP contribution in [0.15, 0.2) is 211 Å². The van der Waals surface area contributed by atoms with E-state index in [1.54, 1.807) is 148 Å². The largest absolute Gasteiger partial charge is 0.494 e. The quantitative estimate of drug-likeness (QED) is 0.0370. The number of nitrogen functional groups attached to an aromatic ring is 1. The molecule has 0 aliphatic carbocycles. The molecule has 39 heteroatoms. The number of alkyl halides is 6. The highest BCUT2D eigenvalue weighted by atomic mass is 19.4. The first-order chi connectivity index (χ1) is 63.6. The number of anilines is 1. The normalized spacial score (nSPS) is 11.8. The van der Waals surface area contributed by atoms with Gasteiger partial charge < -0.3 is 34.6 Å². The van der Waals surface area contributed by atoms with E-state index in [9.17, 15) is 69.1 Å². The zero-order valence-corrected chi connectivity index (χ0v) is 74.2. The van der Waals surface area contributed by atoms with Crippen LogP contribution in [-0.2, 0) is 74.1 Å². The number of nitrogens with zero attached hydrogens (tertiary/aromatic N) is 15. The van der Waals surface area contributed by atoms with Crippen LogP contribution in [0, 0.1) is 41.8 Å². The summed E-state index contributed by atoms with van der Waals surface area (Å²) in [5.74, 6) is -6.68. The number of aromatic nitrogens is 12. The van der Waals surface area contributed by atoms with Gasteiger partial charge in [-0.05, 0) is 181 Å². The van der Waals surface area contributed by atoms with Gasteiger partial charge in [0.05, 0.1) is 103 Å². The molecule has 0 bridgehead atoms. The third kappa shape index (κ3) is 19.4. The number of Topliss-reactive ketones (excluding diaryl/α,β-unsaturated/α-hetero) is 2. The number of benzene rings is 9. The Morgan fingerprint density at radius 3 is 0.933 bits per heavy atom. The first kappa shape index (κ1) is 96.6. The lowest BCUT2D eigenvalue weighted by atomic mass is 10.1. The second kappa shape index (κ2) is 39.6. The van der Waals surface area contributed by atoms with Crippen LogP contribution in [0.5, 0.6) is 17.2 Å². The van der Waals surface area contributed by atoms with Crippen molar-refractivity contribution in [3.05, 3.63) is 341 Å². The maximum absolute atomic E-state index is 15.6. The number of ketones is 2. The van der Waals surface area contributed by atoms with Crippen LogP contribution in [-0.4, -0.2) is 147 Å². The number of nitrogens with two attached hydrogens (primary N) is 1. The van der Waals surface area contributed by atoms with Gasteiger partial charge in [-0.2, -0.15) is 26.3 Å². The molecule has 0 radical (unpaired) electrons. The second-order valence-corrected chi connectivity index (χ2v) is 31.9. The molecule has 698 valence electrons.